The first-order valence-electron chi connectivity index (χ1n) is 6.21. The van der Waals surface area contributed by atoms with E-state index in [2.05, 4.69) is 14.5 Å². The molecule has 1 heterocycles. The van der Waals surface area contributed by atoms with E-state index in [1.54, 1.807) is 20.8 Å². The highest BCUT2D eigenvalue weighted by Crippen LogP contribution is 2.18. The number of rotatable bonds is 5. The van der Waals surface area contributed by atoms with Crippen LogP contribution in [0, 0.1) is 0 Å². The largest absolute Gasteiger partial charge is 0.457 e. The van der Waals surface area contributed by atoms with Gasteiger partial charge in [0.25, 0.3) is 5.24 Å². The van der Waals surface area contributed by atoms with E-state index in [1.165, 1.54) is 13.8 Å². The summed E-state index contributed by atoms with van der Waals surface area (Å²) in [7, 11) is 0. The van der Waals surface area contributed by atoms with Crippen molar-refractivity contribution in [1.82, 2.24) is 9.36 Å². The second kappa shape index (κ2) is 7.89. The van der Waals surface area contributed by atoms with Crippen molar-refractivity contribution in [3.63, 3.8) is 0 Å². The lowest BCUT2D eigenvalue weighted by Gasteiger charge is -2.26. The third-order valence-corrected chi connectivity index (χ3v) is 2.82. The molecule has 0 saturated heterocycles. The predicted octanol–water partition coefficient (Wildman–Crippen LogP) is 2.15. The minimum Gasteiger partial charge on any atom is -0.457 e. The smallest absolute Gasteiger partial charge is 0.353 e. The lowest BCUT2D eigenvalue weighted by molar-refractivity contribution is -0.179. The van der Waals surface area contributed by atoms with E-state index < -0.39 is 22.4 Å². The summed E-state index contributed by atoms with van der Waals surface area (Å²) in [4.78, 5) is 32.3. The summed E-state index contributed by atoms with van der Waals surface area (Å²) in [6.45, 7) is 8.06. The van der Waals surface area contributed by atoms with E-state index in [0.29, 0.717) is 0 Å². The Bertz CT molecular complexity index is 610. The Balaban J connectivity index is 0.00000484. The first-order chi connectivity index (χ1) is 9.92. The lowest BCUT2D eigenvalue weighted by atomic mass is 10.1. The minimum atomic E-state index is -1.42. The van der Waals surface area contributed by atoms with Crippen molar-refractivity contribution >= 4 is 57.6 Å². The molecule has 0 saturated carbocycles. The third-order valence-electron chi connectivity index (χ3n) is 2.10. The van der Waals surface area contributed by atoms with E-state index >= 15 is 0 Å². The Kier molecular flexibility index (Phi) is 7.39. The molecule has 0 aromatic carbocycles. The number of nitrogens with two attached hydrogens (primary N) is 1. The van der Waals surface area contributed by atoms with Crippen molar-refractivity contribution in [1.29, 1.82) is 0 Å². The number of halogens is 2. The van der Waals surface area contributed by atoms with E-state index in [4.69, 9.17) is 26.9 Å². The van der Waals surface area contributed by atoms with Gasteiger partial charge in [0.2, 0.25) is 17.1 Å². The van der Waals surface area contributed by atoms with E-state index in [1.807, 2.05) is 0 Å². The summed E-state index contributed by atoms with van der Waals surface area (Å²) in [5.74, 6) is -0.710. The number of esters is 1. The predicted molar refractivity (Wildman–Crippen MR) is 90.0 cm³/mol. The SMILES string of the molecule is CC(C)(C)OC(=O)C(C)(C)ON=C(C(=O)Cl)c1nsc(N)n1.Cl. The van der Waals surface area contributed by atoms with Gasteiger partial charge in [-0.25, -0.2) is 4.79 Å². The van der Waals surface area contributed by atoms with Crippen molar-refractivity contribution in [2.45, 2.75) is 45.8 Å². The molecule has 23 heavy (non-hydrogen) atoms. The quantitative estimate of drug-likeness (QED) is 0.357. The second-order valence-electron chi connectivity index (χ2n) is 5.77. The van der Waals surface area contributed by atoms with Crippen LogP contribution >= 0.6 is 35.5 Å². The number of ether oxygens (including phenoxy) is 1. The summed E-state index contributed by atoms with van der Waals surface area (Å²) in [5, 5.41) is 2.80. The molecular weight excluding hydrogens is 367 g/mol. The maximum atomic E-state index is 12.0. The summed E-state index contributed by atoms with van der Waals surface area (Å²) in [5.41, 5.74) is 2.99. The van der Waals surface area contributed by atoms with Crippen molar-refractivity contribution in [2.24, 2.45) is 5.16 Å². The zero-order valence-electron chi connectivity index (χ0n) is 13.2. The van der Waals surface area contributed by atoms with E-state index in [9.17, 15) is 9.59 Å². The summed E-state index contributed by atoms with van der Waals surface area (Å²) in [6, 6.07) is 0. The Labute approximate surface area is 148 Å². The molecule has 8 nitrogen and oxygen atoms in total. The lowest BCUT2D eigenvalue weighted by Crippen LogP contribution is -2.40. The molecule has 0 aliphatic heterocycles. The van der Waals surface area contributed by atoms with Crippen LogP contribution in [0.2, 0.25) is 0 Å². The molecule has 130 valence electrons. The molecule has 0 aliphatic rings. The number of hydrogen-bond donors (Lipinski definition) is 1. The normalized spacial score (nSPS) is 12.3. The zero-order chi connectivity index (χ0) is 17.1. The molecule has 1 aromatic heterocycles. The van der Waals surface area contributed by atoms with Crippen LogP contribution in [-0.2, 0) is 19.2 Å². The number of aromatic nitrogens is 2. The first kappa shape index (κ1) is 21.6. The summed E-state index contributed by atoms with van der Waals surface area (Å²) < 4.78 is 9.02. The number of nitrogen functional groups attached to an aromatic ring is 1. The van der Waals surface area contributed by atoms with Crippen molar-refractivity contribution in [3.8, 4) is 0 Å². The number of carbonyl (C=O) groups excluding carboxylic acids is 2. The van der Waals surface area contributed by atoms with Crippen molar-refractivity contribution < 1.29 is 19.2 Å². The topological polar surface area (TPSA) is 117 Å². The number of hydrogen-bond acceptors (Lipinski definition) is 9. The Hall–Kier alpha value is -1.45. The van der Waals surface area contributed by atoms with Crippen molar-refractivity contribution in [3.05, 3.63) is 5.82 Å². The molecule has 1 rings (SSSR count). The molecule has 0 unspecified atom stereocenters. The Morgan fingerprint density at radius 1 is 1.26 bits per heavy atom. The van der Waals surface area contributed by atoms with Crippen LogP contribution in [0.5, 0.6) is 0 Å². The molecule has 0 aliphatic carbocycles. The molecule has 0 fully saturated rings. The van der Waals surface area contributed by atoms with Gasteiger partial charge >= 0.3 is 5.97 Å². The Morgan fingerprint density at radius 3 is 2.22 bits per heavy atom. The highest BCUT2D eigenvalue weighted by molar-refractivity contribution is 7.09. The molecule has 11 heteroatoms. The van der Waals surface area contributed by atoms with Gasteiger partial charge in [0.15, 0.2) is 5.13 Å². The van der Waals surface area contributed by atoms with Crippen LogP contribution in [0.1, 0.15) is 40.4 Å². The molecule has 0 bridgehead atoms. The van der Waals surface area contributed by atoms with Crippen LogP contribution in [0.4, 0.5) is 5.13 Å². The highest BCUT2D eigenvalue weighted by Gasteiger charge is 2.36. The molecule has 0 amide bonds. The standard InChI is InChI=1S/C12H17ClN4O4S.ClH/c1-11(2,3)20-9(19)12(4,5)21-16-6(7(13)18)8-15-10(14)22-17-8;/h1-5H3,(H2,14,15,17);1H. The van der Waals surface area contributed by atoms with Gasteiger partial charge in [-0.05, 0) is 46.2 Å². The fourth-order valence-electron chi connectivity index (χ4n) is 1.09. The van der Waals surface area contributed by atoms with E-state index in [0.717, 1.165) is 11.5 Å². The van der Waals surface area contributed by atoms with Gasteiger partial charge in [0, 0.05) is 11.5 Å². The fourth-order valence-corrected chi connectivity index (χ4v) is 1.65. The molecule has 0 spiro atoms. The zero-order valence-corrected chi connectivity index (χ0v) is 15.6. The number of oxime groups is 1. The van der Waals surface area contributed by atoms with Crippen LogP contribution in [0.3, 0.4) is 0 Å². The second-order valence-corrected chi connectivity index (χ2v) is 6.90. The maximum absolute atomic E-state index is 12.0. The monoisotopic (exact) mass is 384 g/mol. The van der Waals surface area contributed by atoms with Crippen LogP contribution in [0.15, 0.2) is 5.16 Å². The van der Waals surface area contributed by atoms with Gasteiger partial charge in [-0.3, -0.25) is 4.79 Å². The molecular formula is C12H18Cl2N4O4S. The van der Waals surface area contributed by atoms with Crippen LogP contribution < -0.4 is 5.73 Å². The number of anilines is 1. The third kappa shape index (κ3) is 6.67. The molecule has 1 aromatic rings. The van der Waals surface area contributed by atoms with E-state index in [-0.39, 0.29) is 29.1 Å². The Morgan fingerprint density at radius 2 is 1.83 bits per heavy atom. The molecule has 0 atom stereocenters. The summed E-state index contributed by atoms with van der Waals surface area (Å²) >= 11 is 6.30. The maximum Gasteiger partial charge on any atom is 0.353 e. The average molecular weight is 385 g/mol. The van der Waals surface area contributed by atoms with Crippen LogP contribution in [0.25, 0.3) is 0 Å². The van der Waals surface area contributed by atoms with Gasteiger partial charge in [0.1, 0.15) is 5.60 Å². The first-order valence-corrected chi connectivity index (χ1v) is 7.36. The number of nitrogens with zero attached hydrogens (tertiary/aromatic N) is 3. The van der Waals surface area contributed by atoms with Crippen molar-refractivity contribution in [2.75, 3.05) is 5.73 Å². The molecule has 2 N–H and O–H groups in total. The summed E-state index contributed by atoms with van der Waals surface area (Å²) in [6.07, 6.45) is 0. The van der Waals surface area contributed by atoms with Crippen LogP contribution in [-0.4, -0.2) is 37.5 Å². The van der Waals surface area contributed by atoms with Gasteiger partial charge in [-0.2, -0.15) is 9.36 Å². The number of carbonyl (C=O) groups is 2. The van der Waals surface area contributed by atoms with Gasteiger partial charge in [-0.15, -0.1) is 12.4 Å². The average Bonchev–Trinajstić information content (AvgIpc) is 2.73. The fraction of sp³-hybridized carbons (Fsp3) is 0.583. The van der Waals surface area contributed by atoms with Gasteiger partial charge in [-0.1, -0.05) is 5.16 Å². The molecule has 0 radical (unpaired) electrons. The van der Waals surface area contributed by atoms with Gasteiger partial charge in [0.05, 0.1) is 0 Å². The minimum absolute atomic E-state index is 0. The van der Waals surface area contributed by atoms with Gasteiger partial charge < -0.3 is 15.3 Å². The highest BCUT2D eigenvalue weighted by atomic mass is 35.5.